The lowest BCUT2D eigenvalue weighted by Crippen LogP contribution is -2.33. The van der Waals surface area contributed by atoms with Crippen molar-refractivity contribution in [3.05, 3.63) is 29.6 Å². The van der Waals surface area contributed by atoms with Crippen LogP contribution in [0.2, 0.25) is 0 Å². The number of rotatable bonds is 8. The van der Waals surface area contributed by atoms with Crippen LogP contribution in [0.4, 0.5) is 35.1 Å². The maximum absolute atomic E-state index is 13.7. The first-order valence-corrected chi connectivity index (χ1v) is 7.22. The number of hydrogen-bond acceptors (Lipinski definition) is 4. The summed E-state index contributed by atoms with van der Waals surface area (Å²) in [5.41, 5.74) is -1.64. The van der Waals surface area contributed by atoms with E-state index in [9.17, 15) is 44.7 Å². The molecule has 1 aromatic carbocycles. The lowest BCUT2D eigenvalue weighted by molar-refractivity contribution is -0.179. The Kier molecular flexibility index (Phi) is 7.55. The summed E-state index contributed by atoms with van der Waals surface area (Å²) in [4.78, 5) is 22.6. The van der Waals surface area contributed by atoms with Crippen LogP contribution in [0.3, 0.4) is 0 Å². The minimum atomic E-state index is -5.00. The second-order valence-corrected chi connectivity index (χ2v) is 5.17. The summed E-state index contributed by atoms with van der Waals surface area (Å²) in [6.45, 7) is -1.84. The fourth-order valence-electron chi connectivity index (χ4n) is 1.67. The Labute approximate surface area is 147 Å². The van der Waals surface area contributed by atoms with Crippen LogP contribution in [0.15, 0.2) is 18.2 Å². The first kappa shape index (κ1) is 22.6. The van der Waals surface area contributed by atoms with Crippen LogP contribution in [0.25, 0.3) is 0 Å². The van der Waals surface area contributed by atoms with Gasteiger partial charge in [0, 0.05) is 12.8 Å². The number of carbonyl (C=O) groups excluding carboxylic acids is 2. The summed E-state index contributed by atoms with van der Waals surface area (Å²) in [6.07, 6.45) is -10.6. The Morgan fingerprint density at radius 2 is 1.59 bits per heavy atom. The molecule has 0 fully saturated rings. The van der Waals surface area contributed by atoms with Crippen molar-refractivity contribution in [2.45, 2.75) is 37.8 Å². The van der Waals surface area contributed by atoms with Gasteiger partial charge in [-0.3, -0.25) is 9.59 Å². The predicted octanol–water partition coefficient (Wildman–Crippen LogP) is 4.36. The largest absolute Gasteiger partial charge is 0.459 e. The number of alkyl halides is 7. The Hall–Kier alpha value is -2.40. The van der Waals surface area contributed by atoms with Gasteiger partial charge in [-0.2, -0.15) is 22.0 Å². The van der Waals surface area contributed by atoms with Crippen LogP contribution in [0.1, 0.15) is 24.8 Å². The number of hydrogen-bond donors (Lipinski definition) is 0. The average molecular weight is 408 g/mol. The molecule has 0 unspecified atom stereocenters. The number of esters is 2. The molecule has 0 N–H and O–H groups in total. The highest BCUT2D eigenvalue weighted by Crippen LogP contribution is 2.34. The molecule has 0 saturated heterocycles. The molecule has 0 radical (unpaired) electrons. The number of halogens is 8. The molecule has 0 heterocycles. The zero-order valence-corrected chi connectivity index (χ0v) is 13.3. The van der Waals surface area contributed by atoms with E-state index in [1.54, 1.807) is 0 Å². The zero-order valence-electron chi connectivity index (χ0n) is 13.3. The third kappa shape index (κ3) is 7.02. The lowest BCUT2D eigenvalue weighted by Gasteiger charge is -2.14. The molecule has 4 nitrogen and oxygen atoms in total. The smallest absolute Gasteiger partial charge is 0.419 e. The van der Waals surface area contributed by atoms with Crippen LogP contribution in [-0.2, 0) is 20.5 Å². The van der Waals surface area contributed by atoms with Crippen LogP contribution >= 0.6 is 0 Å². The van der Waals surface area contributed by atoms with Crippen molar-refractivity contribution in [1.29, 1.82) is 0 Å². The highest BCUT2D eigenvalue weighted by Gasteiger charge is 2.42. The van der Waals surface area contributed by atoms with Crippen molar-refractivity contribution in [1.82, 2.24) is 0 Å². The van der Waals surface area contributed by atoms with Crippen molar-refractivity contribution in [3.8, 4) is 5.75 Å². The standard InChI is InChI=1S/C15H12F8O4/c16-12-8(15(21,22)23)3-1-4-9(12)27-11(25)6-2-5-10(24)26-7-14(19,20)13(17)18/h1,3-4,13H,2,5-7H2. The van der Waals surface area contributed by atoms with Gasteiger partial charge in [0.15, 0.2) is 18.2 Å². The van der Waals surface area contributed by atoms with Crippen LogP contribution < -0.4 is 4.74 Å². The van der Waals surface area contributed by atoms with E-state index in [1.165, 1.54) is 0 Å². The van der Waals surface area contributed by atoms with E-state index < -0.39 is 67.0 Å². The van der Waals surface area contributed by atoms with Gasteiger partial charge < -0.3 is 9.47 Å². The maximum Gasteiger partial charge on any atom is 0.419 e. The highest BCUT2D eigenvalue weighted by molar-refractivity contribution is 5.74. The highest BCUT2D eigenvalue weighted by atomic mass is 19.4. The van der Waals surface area contributed by atoms with Gasteiger partial charge in [0.05, 0.1) is 5.56 Å². The van der Waals surface area contributed by atoms with Crippen molar-refractivity contribution < 1.29 is 54.2 Å². The van der Waals surface area contributed by atoms with Crippen LogP contribution in [-0.4, -0.2) is 30.9 Å². The van der Waals surface area contributed by atoms with Gasteiger partial charge in [-0.25, -0.2) is 13.2 Å². The third-order valence-electron chi connectivity index (χ3n) is 3.00. The van der Waals surface area contributed by atoms with Gasteiger partial charge in [-0.15, -0.1) is 0 Å². The Bertz CT molecular complexity index is 672. The third-order valence-corrected chi connectivity index (χ3v) is 3.00. The monoisotopic (exact) mass is 408 g/mol. The molecular weight excluding hydrogens is 396 g/mol. The molecule has 1 aromatic rings. The average Bonchev–Trinajstić information content (AvgIpc) is 2.53. The van der Waals surface area contributed by atoms with Gasteiger partial charge in [-0.05, 0) is 18.6 Å². The molecule has 0 atom stereocenters. The summed E-state index contributed by atoms with van der Waals surface area (Å²) in [7, 11) is 0. The molecule has 0 bridgehead atoms. The molecule has 0 saturated carbocycles. The van der Waals surface area contributed by atoms with E-state index in [2.05, 4.69) is 9.47 Å². The summed E-state index contributed by atoms with van der Waals surface area (Å²) in [5, 5.41) is 0. The van der Waals surface area contributed by atoms with E-state index in [-0.39, 0.29) is 6.42 Å². The topological polar surface area (TPSA) is 52.6 Å². The molecule has 0 amide bonds. The quantitative estimate of drug-likeness (QED) is 0.364. The number of ether oxygens (including phenoxy) is 2. The van der Waals surface area contributed by atoms with Gasteiger partial charge in [0.25, 0.3) is 0 Å². The summed E-state index contributed by atoms with van der Waals surface area (Å²) in [5.74, 6) is -9.79. The zero-order chi connectivity index (χ0) is 20.8. The molecule has 152 valence electrons. The van der Waals surface area contributed by atoms with Gasteiger partial charge in [0.1, 0.15) is 0 Å². The fourth-order valence-corrected chi connectivity index (χ4v) is 1.67. The SMILES string of the molecule is O=C(CCCC(=O)Oc1cccc(C(F)(F)F)c1F)OCC(F)(F)C(F)F. The lowest BCUT2D eigenvalue weighted by atomic mass is 10.2. The van der Waals surface area contributed by atoms with E-state index in [0.29, 0.717) is 6.07 Å². The molecule has 27 heavy (non-hydrogen) atoms. The summed E-state index contributed by atoms with van der Waals surface area (Å²) in [6, 6.07) is 2.04. The minimum absolute atomic E-state index is 0.349. The van der Waals surface area contributed by atoms with E-state index >= 15 is 0 Å². The second kappa shape index (κ2) is 9.00. The van der Waals surface area contributed by atoms with Crippen LogP contribution in [0, 0.1) is 5.82 Å². The molecule has 0 aliphatic rings. The normalized spacial score (nSPS) is 12.2. The maximum atomic E-state index is 13.7. The first-order valence-electron chi connectivity index (χ1n) is 7.22. The summed E-state index contributed by atoms with van der Waals surface area (Å²) >= 11 is 0. The van der Waals surface area contributed by atoms with Crippen molar-refractivity contribution >= 4 is 11.9 Å². The second-order valence-electron chi connectivity index (χ2n) is 5.17. The van der Waals surface area contributed by atoms with Crippen molar-refractivity contribution in [3.63, 3.8) is 0 Å². The summed E-state index contributed by atoms with van der Waals surface area (Å²) < 4.78 is 108. The van der Waals surface area contributed by atoms with Crippen molar-refractivity contribution in [2.75, 3.05) is 6.61 Å². The van der Waals surface area contributed by atoms with E-state index in [1.807, 2.05) is 0 Å². The van der Waals surface area contributed by atoms with Gasteiger partial charge >= 0.3 is 30.5 Å². The molecular formula is C15H12F8O4. The number of carbonyl (C=O) groups is 2. The molecule has 0 aromatic heterocycles. The molecule has 0 aliphatic heterocycles. The van der Waals surface area contributed by atoms with Gasteiger partial charge in [0.2, 0.25) is 0 Å². The number of benzene rings is 1. The Balaban J connectivity index is 2.48. The fraction of sp³-hybridized carbons (Fsp3) is 0.467. The Morgan fingerprint density at radius 3 is 2.15 bits per heavy atom. The Morgan fingerprint density at radius 1 is 1.00 bits per heavy atom. The predicted molar refractivity (Wildman–Crippen MR) is 72.8 cm³/mol. The minimum Gasteiger partial charge on any atom is -0.459 e. The molecule has 12 heteroatoms. The first-order chi connectivity index (χ1) is 12.3. The van der Waals surface area contributed by atoms with Gasteiger partial charge in [-0.1, -0.05) is 6.07 Å². The van der Waals surface area contributed by atoms with E-state index in [4.69, 9.17) is 0 Å². The van der Waals surface area contributed by atoms with Crippen LogP contribution in [0.5, 0.6) is 5.75 Å². The molecule has 1 rings (SSSR count). The molecule has 0 aliphatic carbocycles. The van der Waals surface area contributed by atoms with E-state index in [0.717, 1.165) is 12.1 Å². The van der Waals surface area contributed by atoms with Crippen molar-refractivity contribution in [2.24, 2.45) is 0 Å². The molecule has 0 spiro atoms.